The molecule has 3 rings (SSSR count). The summed E-state index contributed by atoms with van der Waals surface area (Å²) in [5, 5.41) is 3.49. The van der Waals surface area contributed by atoms with E-state index in [2.05, 4.69) is 17.3 Å². The first-order valence-corrected chi connectivity index (χ1v) is 8.72. The van der Waals surface area contributed by atoms with E-state index in [1.807, 2.05) is 0 Å². The van der Waals surface area contributed by atoms with Gasteiger partial charge in [0.25, 0.3) is 0 Å². The average molecular weight is 264 g/mol. The Hall–Kier alpha value is -0.0800. The maximum Gasteiger partial charge on any atom is 0.0124 e. The lowest BCUT2D eigenvalue weighted by atomic mass is 9.76. The third-order valence-electron chi connectivity index (χ3n) is 6.11. The molecule has 1 aliphatic heterocycles. The third kappa shape index (κ3) is 3.00. The van der Waals surface area contributed by atoms with E-state index >= 15 is 0 Å². The number of hydrogen-bond acceptors (Lipinski definition) is 2. The number of rotatable bonds is 4. The van der Waals surface area contributed by atoms with Crippen molar-refractivity contribution in [3.05, 3.63) is 0 Å². The highest BCUT2D eigenvalue weighted by Gasteiger charge is 2.40. The Morgan fingerprint density at radius 1 is 1.00 bits per heavy atom. The predicted octanol–water partition coefficient (Wildman–Crippen LogP) is 3.42. The second-order valence-corrected chi connectivity index (χ2v) is 7.46. The standard InChI is InChI=1S/C17H32N2/c1-18-13-17(10-4-5-11-17)14-19-12-6-8-15-7-2-3-9-16(15)19/h15-16,18H,2-14H2,1H3. The first kappa shape index (κ1) is 13.9. The summed E-state index contributed by atoms with van der Waals surface area (Å²) in [4.78, 5) is 2.91. The summed E-state index contributed by atoms with van der Waals surface area (Å²) in [7, 11) is 2.14. The van der Waals surface area contributed by atoms with Crippen LogP contribution in [0.3, 0.4) is 0 Å². The van der Waals surface area contributed by atoms with Crippen molar-refractivity contribution >= 4 is 0 Å². The van der Waals surface area contributed by atoms with Gasteiger partial charge in [-0.1, -0.05) is 25.7 Å². The van der Waals surface area contributed by atoms with E-state index in [0.29, 0.717) is 5.41 Å². The molecule has 1 N–H and O–H groups in total. The lowest BCUT2D eigenvalue weighted by Gasteiger charge is -2.47. The largest absolute Gasteiger partial charge is 0.319 e. The molecule has 2 nitrogen and oxygen atoms in total. The van der Waals surface area contributed by atoms with Gasteiger partial charge in [0.2, 0.25) is 0 Å². The van der Waals surface area contributed by atoms with Crippen LogP contribution in [0.4, 0.5) is 0 Å². The van der Waals surface area contributed by atoms with Crippen molar-refractivity contribution in [2.75, 3.05) is 26.7 Å². The zero-order chi connectivity index (χ0) is 13.1. The number of nitrogens with zero attached hydrogens (tertiary/aromatic N) is 1. The molecule has 1 heterocycles. The lowest BCUT2D eigenvalue weighted by Crippen LogP contribution is -2.52. The van der Waals surface area contributed by atoms with Crippen molar-refractivity contribution in [1.82, 2.24) is 10.2 Å². The molecule has 2 aliphatic carbocycles. The molecule has 19 heavy (non-hydrogen) atoms. The summed E-state index contributed by atoms with van der Waals surface area (Å²) in [6.07, 6.45) is 14.8. The summed E-state index contributed by atoms with van der Waals surface area (Å²) in [5.74, 6) is 1.04. The van der Waals surface area contributed by atoms with Gasteiger partial charge in [-0.2, -0.15) is 0 Å². The summed E-state index contributed by atoms with van der Waals surface area (Å²) >= 11 is 0. The van der Waals surface area contributed by atoms with Crippen LogP contribution in [0.25, 0.3) is 0 Å². The van der Waals surface area contributed by atoms with Gasteiger partial charge >= 0.3 is 0 Å². The molecule has 1 saturated heterocycles. The molecule has 110 valence electrons. The van der Waals surface area contributed by atoms with Crippen molar-refractivity contribution in [2.45, 2.75) is 70.3 Å². The van der Waals surface area contributed by atoms with Crippen LogP contribution in [-0.4, -0.2) is 37.6 Å². The maximum atomic E-state index is 3.49. The van der Waals surface area contributed by atoms with E-state index in [1.165, 1.54) is 83.8 Å². The molecule has 0 radical (unpaired) electrons. The molecule has 2 atom stereocenters. The van der Waals surface area contributed by atoms with Crippen LogP contribution >= 0.6 is 0 Å². The molecule has 0 aromatic carbocycles. The highest BCUT2D eigenvalue weighted by atomic mass is 15.2. The molecule has 0 aromatic heterocycles. The Kier molecular flexibility index (Phi) is 4.48. The van der Waals surface area contributed by atoms with E-state index < -0.39 is 0 Å². The highest BCUT2D eigenvalue weighted by molar-refractivity contribution is 4.94. The minimum absolute atomic E-state index is 0.605. The van der Waals surface area contributed by atoms with Gasteiger partial charge in [-0.05, 0) is 63.5 Å². The van der Waals surface area contributed by atoms with Crippen molar-refractivity contribution in [3.63, 3.8) is 0 Å². The van der Waals surface area contributed by atoms with Gasteiger partial charge in [0.05, 0.1) is 0 Å². The first-order valence-electron chi connectivity index (χ1n) is 8.72. The molecule has 0 amide bonds. The Bertz CT molecular complexity index is 281. The van der Waals surface area contributed by atoms with Crippen molar-refractivity contribution in [3.8, 4) is 0 Å². The van der Waals surface area contributed by atoms with Gasteiger partial charge in [0, 0.05) is 19.1 Å². The quantitative estimate of drug-likeness (QED) is 0.837. The molecule has 0 spiro atoms. The Morgan fingerprint density at radius 3 is 2.53 bits per heavy atom. The van der Waals surface area contributed by atoms with E-state index in [0.717, 1.165) is 12.0 Å². The van der Waals surface area contributed by atoms with Crippen LogP contribution in [0, 0.1) is 11.3 Å². The molecular formula is C17H32N2. The predicted molar refractivity (Wildman–Crippen MR) is 81.4 cm³/mol. The zero-order valence-corrected chi connectivity index (χ0v) is 12.8. The van der Waals surface area contributed by atoms with Crippen molar-refractivity contribution in [1.29, 1.82) is 0 Å². The SMILES string of the molecule is CNCC1(CN2CCCC3CCCCC32)CCCC1. The van der Waals surface area contributed by atoms with Gasteiger partial charge in [0.15, 0.2) is 0 Å². The van der Waals surface area contributed by atoms with Crippen LogP contribution in [-0.2, 0) is 0 Å². The van der Waals surface area contributed by atoms with Crippen LogP contribution in [0.2, 0.25) is 0 Å². The summed E-state index contributed by atoms with van der Waals surface area (Å²) < 4.78 is 0. The molecule has 3 fully saturated rings. The van der Waals surface area contributed by atoms with Crippen LogP contribution < -0.4 is 5.32 Å². The number of likely N-dealkylation sites (tertiary alicyclic amines) is 1. The highest BCUT2D eigenvalue weighted by Crippen LogP contribution is 2.42. The smallest absolute Gasteiger partial charge is 0.0124 e. The summed E-state index contributed by atoms with van der Waals surface area (Å²) in [6, 6.07) is 0.942. The molecule has 2 unspecified atom stereocenters. The fourth-order valence-corrected chi connectivity index (χ4v) is 5.25. The monoisotopic (exact) mass is 264 g/mol. The van der Waals surface area contributed by atoms with Gasteiger partial charge in [-0.3, -0.25) is 4.90 Å². The molecular weight excluding hydrogens is 232 g/mol. The Labute approximate surface area is 119 Å². The first-order chi connectivity index (χ1) is 9.33. The number of hydrogen-bond donors (Lipinski definition) is 1. The van der Waals surface area contributed by atoms with Crippen LogP contribution in [0.1, 0.15) is 64.2 Å². The average Bonchev–Trinajstić information content (AvgIpc) is 2.88. The van der Waals surface area contributed by atoms with Crippen molar-refractivity contribution < 1.29 is 0 Å². The third-order valence-corrected chi connectivity index (χ3v) is 6.11. The Balaban J connectivity index is 1.66. The molecule has 2 saturated carbocycles. The van der Waals surface area contributed by atoms with Gasteiger partial charge < -0.3 is 5.32 Å². The minimum atomic E-state index is 0.605. The topological polar surface area (TPSA) is 15.3 Å². The number of nitrogens with one attached hydrogen (secondary N) is 1. The van der Waals surface area contributed by atoms with Crippen molar-refractivity contribution in [2.24, 2.45) is 11.3 Å². The maximum absolute atomic E-state index is 3.49. The number of piperidine rings is 1. The molecule has 2 heteroatoms. The fraction of sp³-hybridized carbons (Fsp3) is 1.00. The van der Waals surface area contributed by atoms with Gasteiger partial charge in [0.1, 0.15) is 0 Å². The normalized spacial score (nSPS) is 35.2. The number of fused-ring (bicyclic) bond motifs is 1. The van der Waals surface area contributed by atoms with Crippen LogP contribution in [0.15, 0.2) is 0 Å². The molecule has 3 aliphatic rings. The van der Waals surface area contributed by atoms with E-state index in [9.17, 15) is 0 Å². The summed E-state index contributed by atoms with van der Waals surface area (Å²) in [5.41, 5.74) is 0.605. The van der Waals surface area contributed by atoms with E-state index in [-0.39, 0.29) is 0 Å². The van der Waals surface area contributed by atoms with E-state index in [4.69, 9.17) is 0 Å². The summed E-state index contributed by atoms with van der Waals surface area (Å²) in [6.45, 7) is 4.00. The fourth-order valence-electron chi connectivity index (χ4n) is 5.25. The van der Waals surface area contributed by atoms with Gasteiger partial charge in [-0.15, -0.1) is 0 Å². The van der Waals surface area contributed by atoms with Gasteiger partial charge in [-0.25, -0.2) is 0 Å². The second kappa shape index (κ2) is 6.13. The lowest BCUT2D eigenvalue weighted by molar-refractivity contribution is 0.0249. The zero-order valence-electron chi connectivity index (χ0n) is 12.8. The van der Waals surface area contributed by atoms with Crippen LogP contribution in [0.5, 0.6) is 0 Å². The molecule has 0 bridgehead atoms. The van der Waals surface area contributed by atoms with E-state index in [1.54, 1.807) is 0 Å². The second-order valence-electron chi connectivity index (χ2n) is 7.46. The molecule has 0 aromatic rings. The Morgan fingerprint density at radius 2 is 1.74 bits per heavy atom. The minimum Gasteiger partial charge on any atom is -0.319 e.